The molecule has 1 heterocycles. The summed E-state index contributed by atoms with van der Waals surface area (Å²) in [5, 5.41) is 2.94. The minimum atomic E-state index is -0.589. The van der Waals surface area contributed by atoms with Crippen molar-refractivity contribution in [1.82, 2.24) is 15.1 Å². The Labute approximate surface area is 183 Å². The standard InChI is InChI=1S/C20H35N3O4.C3H8/c1-7-27-20(26)15(4)11-13-23(6)19(25)17(14(2)3)21-18(24)16-10-8-9-12-22(16)5;1-3-2/h11,14,16-17H,7-10,12-13H2,1-6H3,(H,21,24);3H2,1-2H3/b15-11+;. The summed E-state index contributed by atoms with van der Waals surface area (Å²) in [5.41, 5.74) is 0.463. The van der Waals surface area contributed by atoms with Crippen molar-refractivity contribution in [2.75, 3.05) is 33.8 Å². The lowest BCUT2D eigenvalue weighted by Gasteiger charge is -2.34. The molecule has 2 atom stereocenters. The van der Waals surface area contributed by atoms with Crippen molar-refractivity contribution < 1.29 is 19.1 Å². The van der Waals surface area contributed by atoms with Gasteiger partial charge in [0.2, 0.25) is 11.8 Å². The van der Waals surface area contributed by atoms with E-state index < -0.39 is 6.04 Å². The third-order valence-corrected chi connectivity index (χ3v) is 4.95. The minimum Gasteiger partial charge on any atom is -0.463 e. The van der Waals surface area contributed by atoms with Gasteiger partial charge in [0.05, 0.1) is 12.6 Å². The van der Waals surface area contributed by atoms with E-state index in [1.807, 2.05) is 20.9 Å². The van der Waals surface area contributed by atoms with Gasteiger partial charge in [-0.25, -0.2) is 4.79 Å². The molecule has 7 nitrogen and oxygen atoms in total. The molecule has 1 aliphatic heterocycles. The third kappa shape index (κ3) is 9.74. The fourth-order valence-corrected chi connectivity index (χ4v) is 3.10. The van der Waals surface area contributed by atoms with Crippen LogP contribution in [0, 0.1) is 5.92 Å². The second-order valence-corrected chi connectivity index (χ2v) is 8.26. The molecule has 0 spiro atoms. The molecule has 1 fully saturated rings. The molecule has 0 aromatic heterocycles. The molecule has 1 aliphatic rings. The van der Waals surface area contributed by atoms with Gasteiger partial charge in [-0.1, -0.05) is 46.6 Å². The highest BCUT2D eigenvalue weighted by Gasteiger charge is 2.32. The van der Waals surface area contributed by atoms with Crippen LogP contribution in [-0.2, 0) is 19.1 Å². The zero-order valence-corrected chi connectivity index (χ0v) is 20.3. The zero-order valence-electron chi connectivity index (χ0n) is 20.3. The van der Waals surface area contributed by atoms with Crippen LogP contribution in [0.4, 0.5) is 0 Å². The van der Waals surface area contributed by atoms with E-state index in [-0.39, 0.29) is 36.3 Å². The first kappa shape index (κ1) is 28.1. The molecule has 2 unspecified atom stereocenters. The van der Waals surface area contributed by atoms with Crippen molar-refractivity contribution in [3.05, 3.63) is 11.6 Å². The van der Waals surface area contributed by atoms with E-state index in [2.05, 4.69) is 24.1 Å². The summed E-state index contributed by atoms with van der Waals surface area (Å²) >= 11 is 0. The predicted octanol–water partition coefficient (Wildman–Crippen LogP) is 3.00. The van der Waals surface area contributed by atoms with Gasteiger partial charge >= 0.3 is 5.97 Å². The van der Waals surface area contributed by atoms with Crippen LogP contribution >= 0.6 is 0 Å². The molecule has 1 rings (SSSR count). The molecule has 7 heteroatoms. The van der Waals surface area contributed by atoms with Crippen molar-refractivity contribution >= 4 is 17.8 Å². The van der Waals surface area contributed by atoms with Gasteiger partial charge in [-0.15, -0.1) is 0 Å². The number of amides is 2. The number of likely N-dealkylation sites (N-methyl/N-ethyl adjacent to an activating group) is 2. The molecule has 0 aromatic rings. The fourth-order valence-electron chi connectivity index (χ4n) is 3.10. The largest absolute Gasteiger partial charge is 0.463 e. The van der Waals surface area contributed by atoms with Gasteiger partial charge < -0.3 is 15.0 Å². The fraction of sp³-hybridized carbons (Fsp3) is 0.783. The highest BCUT2D eigenvalue weighted by molar-refractivity contribution is 5.90. The average Bonchev–Trinajstić information content (AvgIpc) is 2.70. The van der Waals surface area contributed by atoms with Crippen molar-refractivity contribution in [3.63, 3.8) is 0 Å². The monoisotopic (exact) mass is 425 g/mol. The SMILES string of the molecule is CCC.CCOC(=O)/C(C)=C/CN(C)C(=O)C(NC(=O)C1CCCCN1C)C(C)C. The molecule has 174 valence electrons. The summed E-state index contributed by atoms with van der Waals surface area (Å²) in [6.45, 7) is 13.0. The number of hydrogen-bond donors (Lipinski definition) is 1. The molecular weight excluding hydrogens is 382 g/mol. The quantitative estimate of drug-likeness (QED) is 0.478. The summed E-state index contributed by atoms with van der Waals surface area (Å²) < 4.78 is 4.94. The van der Waals surface area contributed by atoms with E-state index in [0.717, 1.165) is 25.8 Å². The first-order valence-electron chi connectivity index (χ1n) is 11.2. The Morgan fingerprint density at radius 1 is 1.20 bits per heavy atom. The summed E-state index contributed by atoms with van der Waals surface area (Å²) in [6, 6.07) is -0.766. The number of rotatable bonds is 8. The predicted molar refractivity (Wildman–Crippen MR) is 121 cm³/mol. The van der Waals surface area contributed by atoms with Gasteiger partial charge in [0, 0.05) is 19.2 Å². The molecule has 0 aromatic carbocycles. The molecule has 0 bridgehead atoms. The summed E-state index contributed by atoms with van der Waals surface area (Å²) in [6.07, 6.45) is 5.87. The topological polar surface area (TPSA) is 79.0 Å². The summed E-state index contributed by atoms with van der Waals surface area (Å²) in [4.78, 5) is 40.8. The van der Waals surface area contributed by atoms with Crippen LogP contribution in [0.15, 0.2) is 11.6 Å². The molecule has 1 saturated heterocycles. The first-order valence-corrected chi connectivity index (χ1v) is 11.2. The molecular formula is C23H43N3O4. The van der Waals surface area contributed by atoms with Crippen LogP contribution in [0.2, 0.25) is 0 Å². The number of hydrogen-bond acceptors (Lipinski definition) is 5. The number of nitrogens with zero attached hydrogens (tertiary/aromatic N) is 2. The molecule has 1 N–H and O–H groups in total. The van der Waals surface area contributed by atoms with E-state index >= 15 is 0 Å². The Bertz CT molecular complexity index is 575. The lowest BCUT2D eigenvalue weighted by atomic mass is 9.99. The number of likely N-dealkylation sites (tertiary alicyclic amines) is 1. The highest BCUT2D eigenvalue weighted by Crippen LogP contribution is 2.16. The van der Waals surface area contributed by atoms with Gasteiger partial charge in [-0.2, -0.15) is 0 Å². The second-order valence-electron chi connectivity index (χ2n) is 8.26. The van der Waals surface area contributed by atoms with Gasteiger partial charge in [-0.05, 0) is 46.2 Å². The Balaban J connectivity index is 0.00000263. The summed E-state index contributed by atoms with van der Waals surface area (Å²) in [7, 11) is 3.62. The van der Waals surface area contributed by atoms with Gasteiger partial charge in [0.1, 0.15) is 6.04 Å². The summed E-state index contributed by atoms with van der Waals surface area (Å²) in [5.74, 6) is -0.666. The molecule has 0 aliphatic carbocycles. The minimum absolute atomic E-state index is 0.0343. The maximum atomic E-state index is 12.8. The van der Waals surface area contributed by atoms with E-state index in [1.165, 1.54) is 11.3 Å². The number of carbonyl (C=O) groups excluding carboxylic acids is 3. The van der Waals surface area contributed by atoms with Crippen molar-refractivity contribution in [1.29, 1.82) is 0 Å². The Hall–Kier alpha value is -1.89. The normalized spacial score (nSPS) is 18.2. The number of nitrogens with one attached hydrogen (secondary N) is 1. The Morgan fingerprint density at radius 3 is 2.30 bits per heavy atom. The second kappa shape index (κ2) is 15.0. The van der Waals surface area contributed by atoms with Crippen LogP contribution < -0.4 is 5.32 Å². The molecule has 0 radical (unpaired) electrons. The van der Waals surface area contributed by atoms with Crippen LogP contribution in [0.5, 0.6) is 0 Å². The molecule has 2 amide bonds. The lowest BCUT2D eigenvalue weighted by molar-refractivity contribution is -0.139. The Kier molecular flexibility index (Phi) is 14.0. The van der Waals surface area contributed by atoms with Crippen molar-refractivity contribution in [2.24, 2.45) is 5.92 Å². The van der Waals surface area contributed by atoms with Crippen molar-refractivity contribution in [3.8, 4) is 0 Å². The average molecular weight is 426 g/mol. The van der Waals surface area contributed by atoms with Crippen LogP contribution in [0.25, 0.3) is 0 Å². The van der Waals surface area contributed by atoms with Crippen LogP contribution in [0.3, 0.4) is 0 Å². The molecule has 30 heavy (non-hydrogen) atoms. The maximum Gasteiger partial charge on any atom is 0.333 e. The number of esters is 1. The number of piperidine rings is 1. The van der Waals surface area contributed by atoms with Gasteiger partial charge in [0.25, 0.3) is 0 Å². The third-order valence-electron chi connectivity index (χ3n) is 4.95. The smallest absolute Gasteiger partial charge is 0.333 e. The van der Waals surface area contributed by atoms with Gasteiger partial charge in [-0.3, -0.25) is 14.5 Å². The van der Waals surface area contributed by atoms with Gasteiger partial charge in [0.15, 0.2) is 0 Å². The van der Waals surface area contributed by atoms with E-state index in [4.69, 9.17) is 4.74 Å². The number of carbonyl (C=O) groups is 3. The number of ether oxygens (including phenoxy) is 1. The zero-order chi connectivity index (χ0) is 23.3. The van der Waals surface area contributed by atoms with Crippen molar-refractivity contribution in [2.45, 2.75) is 79.3 Å². The first-order chi connectivity index (χ1) is 14.1. The van der Waals surface area contributed by atoms with Crippen LogP contribution in [-0.4, -0.2) is 73.5 Å². The Morgan fingerprint density at radius 2 is 1.80 bits per heavy atom. The molecule has 0 saturated carbocycles. The lowest BCUT2D eigenvalue weighted by Crippen LogP contribution is -2.56. The van der Waals surface area contributed by atoms with Crippen LogP contribution in [0.1, 0.15) is 67.2 Å². The maximum absolute atomic E-state index is 12.8. The van der Waals surface area contributed by atoms with E-state index in [0.29, 0.717) is 12.2 Å². The van der Waals surface area contributed by atoms with E-state index in [1.54, 1.807) is 27.0 Å². The van der Waals surface area contributed by atoms with E-state index in [9.17, 15) is 14.4 Å². The highest BCUT2D eigenvalue weighted by atomic mass is 16.5.